The van der Waals surface area contributed by atoms with Crippen molar-refractivity contribution in [3.63, 3.8) is 0 Å². The molecule has 25 heavy (non-hydrogen) atoms. The quantitative estimate of drug-likeness (QED) is 0.817. The van der Waals surface area contributed by atoms with Crippen LogP contribution in [-0.4, -0.2) is 48.5 Å². The minimum absolute atomic E-state index is 0.145. The van der Waals surface area contributed by atoms with Crippen molar-refractivity contribution in [2.45, 2.75) is 13.0 Å². The van der Waals surface area contributed by atoms with E-state index < -0.39 is 0 Å². The molecule has 1 aliphatic heterocycles. The first-order valence-corrected chi connectivity index (χ1v) is 8.61. The van der Waals surface area contributed by atoms with E-state index in [1.165, 1.54) is 6.07 Å². The normalized spacial score (nSPS) is 14.6. The molecular weight excluding hydrogens is 319 g/mol. The molecule has 2 heterocycles. The molecule has 0 bridgehead atoms. The van der Waals surface area contributed by atoms with Crippen molar-refractivity contribution in [2.24, 2.45) is 0 Å². The zero-order valence-electron chi connectivity index (χ0n) is 14.2. The lowest BCUT2D eigenvalue weighted by atomic mass is 10.2. The van der Waals surface area contributed by atoms with Gasteiger partial charge in [-0.25, -0.2) is 4.39 Å². The van der Waals surface area contributed by atoms with Crippen molar-refractivity contribution in [1.29, 1.82) is 0 Å². The van der Waals surface area contributed by atoms with Crippen LogP contribution >= 0.6 is 0 Å². The summed E-state index contributed by atoms with van der Waals surface area (Å²) in [6, 6.07) is 10.7. The highest BCUT2D eigenvalue weighted by Gasteiger charge is 2.22. The summed E-state index contributed by atoms with van der Waals surface area (Å²) < 4.78 is 13.8. The summed E-state index contributed by atoms with van der Waals surface area (Å²) in [4.78, 5) is 20.2. The SMILES string of the molecule is O=C(CCNCc1cccnc1)N1CCN(c2ccccc2F)CC1. The summed E-state index contributed by atoms with van der Waals surface area (Å²) in [5, 5.41) is 3.27. The van der Waals surface area contributed by atoms with Crippen molar-refractivity contribution in [3.8, 4) is 0 Å². The van der Waals surface area contributed by atoms with Crippen molar-refractivity contribution in [2.75, 3.05) is 37.6 Å². The van der Waals surface area contributed by atoms with Gasteiger partial charge in [0.2, 0.25) is 5.91 Å². The molecule has 5 nitrogen and oxygen atoms in total. The van der Waals surface area contributed by atoms with Crippen LogP contribution in [0.4, 0.5) is 10.1 Å². The third kappa shape index (κ3) is 4.76. The van der Waals surface area contributed by atoms with Gasteiger partial charge in [0.05, 0.1) is 5.69 Å². The molecule has 1 N–H and O–H groups in total. The largest absolute Gasteiger partial charge is 0.366 e. The number of anilines is 1. The number of nitrogens with zero attached hydrogens (tertiary/aromatic N) is 3. The lowest BCUT2D eigenvalue weighted by Crippen LogP contribution is -2.49. The molecule has 132 valence electrons. The standard InChI is InChI=1S/C19H23FN4O/c20-17-5-1-2-6-18(17)23-10-12-24(13-11-23)19(25)7-9-22-15-16-4-3-8-21-14-16/h1-6,8,14,22H,7,9-13,15H2. The Labute approximate surface area is 147 Å². The first-order chi connectivity index (χ1) is 12.2. The molecular formula is C19H23FN4O. The Hall–Kier alpha value is -2.47. The number of para-hydroxylation sites is 1. The average Bonchev–Trinajstić information content (AvgIpc) is 2.66. The van der Waals surface area contributed by atoms with Crippen LogP contribution in [0.1, 0.15) is 12.0 Å². The van der Waals surface area contributed by atoms with Crippen molar-refractivity contribution in [3.05, 3.63) is 60.2 Å². The van der Waals surface area contributed by atoms with Crippen LogP contribution in [0.15, 0.2) is 48.8 Å². The predicted molar refractivity (Wildman–Crippen MR) is 95.8 cm³/mol. The first kappa shape index (κ1) is 17.4. The smallest absolute Gasteiger partial charge is 0.223 e. The van der Waals surface area contributed by atoms with Crippen molar-refractivity contribution >= 4 is 11.6 Å². The maximum atomic E-state index is 13.8. The highest BCUT2D eigenvalue weighted by molar-refractivity contribution is 5.76. The van der Waals surface area contributed by atoms with Crippen LogP contribution < -0.4 is 10.2 Å². The molecule has 0 spiro atoms. The van der Waals surface area contributed by atoms with Crippen LogP contribution in [-0.2, 0) is 11.3 Å². The molecule has 1 fully saturated rings. The molecule has 0 atom stereocenters. The number of rotatable bonds is 6. The van der Waals surface area contributed by atoms with Crippen LogP contribution in [0, 0.1) is 5.82 Å². The number of hydrogen-bond acceptors (Lipinski definition) is 4. The second kappa shape index (κ2) is 8.58. The Morgan fingerprint density at radius 3 is 2.64 bits per heavy atom. The number of carbonyl (C=O) groups is 1. The topological polar surface area (TPSA) is 48.5 Å². The maximum Gasteiger partial charge on any atom is 0.223 e. The molecule has 1 aromatic heterocycles. The van der Waals surface area contributed by atoms with Gasteiger partial charge in [-0.05, 0) is 23.8 Å². The fourth-order valence-corrected chi connectivity index (χ4v) is 2.99. The molecule has 1 aliphatic rings. The molecule has 6 heteroatoms. The van der Waals surface area contributed by atoms with Crippen LogP contribution in [0.25, 0.3) is 0 Å². The summed E-state index contributed by atoms with van der Waals surface area (Å²) in [7, 11) is 0. The second-order valence-electron chi connectivity index (χ2n) is 6.11. The third-order valence-electron chi connectivity index (χ3n) is 4.39. The van der Waals surface area contributed by atoms with Crippen LogP contribution in [0.3, 0.4) is 0 Å². The van der Waals surface area contributed by atoms with Crippen LogP contribution in [0.5, 0.6) is 0 Å². The van der Waals surface area contributed by atoms with Gasteiger partial charge in [0.15, 0.2) is 0 Å². The summed E-state index contributed by atoms with van der Waals surface area (Å²) in [5.41, 5.74) is 1.72. The molecule has 2 aromatic rings. The molecule has 3 rings (SSSR count). The Kier molecular flexibility index (Phi) is 5.95. The molecule has 0 unspecified atom stereocenters. The fourth-order valence-electron chi connectivity index (χ4n) is 2.99. The van der Waals surface area contributed by atoms with Gasteiger partial charge >= 0.3 is 0 Å². The first-order valence-electron chi connectivity index (χ1n) is 8.61. The lowest BCUT2D eigenvalue weighted by Gasteiger charge is -2.36. The van der Waals surface area contributed by atoms with Gasteiger partial charge in [-0.15, -0.1) is 0 Å². The van der Waals surface area contributed by atoms with E-state index in [1.54, 1.807) is 18.3 Å². The van der Waals surface area contributed by atoms with E-state index in [0.29, 0.717) is 51.4 Å². The van der Waals surface area contributed by atoms with Gasteiger partial charge < -0.3 is 15.1 Å². The van der Waals surface area contributed by atoms with E-state index >= 15 is 0 Å². The Bertz CT molecular complexity index is 687. The molecule has 0 aliphatic carbocycles. The Morgan fingerprint density at radius 1 is 1.12 bits per heavy atom. The molecule has 1 amide bonds. The average molecular weight is 342 g/mol. The van der Waals surface area contributed by atoms with Gasteiger partial charge in [0.25, 0.3) is 0 Å². The van der Waals surface area contributed by atoms with Crippen molar-refractivity contribution < 1.29 is 9.18 Å². The monoisotopic (exact) mass is 342 g/mol. The summed E-state index contributed by atoms with van der Waals surface area (Å²) in [6.45, 7) is 3.94. The summed E-state index contributed by atoms with van der Waals surface area (Å²) >= 11 is 0. The molecule has 1 aromatic carbocycles. The van der Waals surface area contributed by atoms with E-state index in [0.717, 1.165) is 5.56 Å². The van der Waals surface area contributed by atoms with Gasteiger partial charge in [0.1, 0.15) is 5.82 Å². The van der Waals surface area contributed by atoms with E-state index in [2.05, 4.69) is 10.3 Å². The predicted octanol–water partition coefficient (Wildman–Crippen LogP) is 2.05. The number of halogens is 1. The number of amides is 1. The van der Waals surface area contributed by atoms with Crippen molar-refractivity contribution in [1.82, 2.24) is 15.2 Å². The van der Waals surface area contributed by atoms with E-state index in [9.17, 15) is 9.18 Å². The van der Waals surface area contributed by atoms with E-state index in [1.807, 2.05) is 34.2 Å². The number of pyridine rings is 1. The van der Waals surface area contributed by atoms with Gasteiger partial charge in [-0.3, -0.25) is 9.78 Å². The fraction of sp³-hybridized carbons (Fsp3) is 0.368. The number of piperazine rings is 1. The summed E-state index contributed by atoms with van der Waals surface area (Å²) in [6.07, 6.45) is 4.03. The summed E-state index contributed by atoms with van der Waals surface area (Å²) in [5.74, 6) is -0.0613. The Balaban J connectivity index is 1.39. The highest BCUT2D eigenvalue weighted by atomic mass is 19.1. The number of carbonyl (C=O) groups excluding carboxylic acids is 1. The van der Waals surface area contributed by atoms with Gasteiger partial charge in [-0.1, -0.05) is 18.2 Å². The number of nitrogens with one attached hydrogen (secondary N) is 1. The molecule has 0 saturated carbocycles. The molecule has 0 radical (unpaired) electrons. The van der Waals surface area contributed by atoms with E-state index in [4.69, 9.17) is 0 Å². The number of aromatic nitrogens is 1. The minimum atomic E-state index is -0.207. The van der Waals surface area contributed by atoms with E-state index in [-0.39, 0.29) is 11.7 Å². The minimum Gasteiger partial charge on any atom is -0.366 e. The lowest BCUT2D eigenvalue weighted by molar-refractivity contribution is -0.131. The number of benzene rings is 1. The zero-order valence-corrected chi connectivity index (χ0v) is 14.2. The Morgan fingerprint density at radius 2 is 1.92 bits per heavy atom. The van der Waals surface area contributed by atoms with Gasteiger partial charge in [0, 0.05) is 58.1 Å². The highest BCUT2D eigenvalue weighted by Crippen LogP contribution is 2.20. The second-order valence-corrected chi connectivity index (χ2v) is 6.11. The third-order valence-corrected chi connectivity index (χ3v) is 4.39. The molecule has 1 saturated heterocycles. The van der Waals surface area contributed by atoms with Gasteiger partial charge in [-0.2, -0.15) is 0 Å². The zero-order chi connectivity index (χ0) is 17.5. The van der Waals surface area contributed by atoms with Crippen LogP contribution in [0.2, 0.25) is 0 Å². The maximum absolute atomic E-state index is 13.8. The number of hydrogen-bond donors (Lipinski definition) is 1.